The van der Waals surface area contributed by atoms with Gasteiger partial charge in [-0.1, -0.05) is 41.9 Å². The fourth-order valence-electron chi connectivity index (χ4n) is 1.89. The van der Waals surface area contributed by atoms with Gasteiger partial charge in [-0.05, 0) is 23.8 Å². The van der Waals surface area contributed by atoms with E-state index in [4.69, 9.17) is 26.6 Å². The minimum Gasteiger partial charge on any atom is -0.478 e. The molecule has 27 heavy (non-hydrogen) atoms. The molecule has 0 aliphatic rings. The first kappa shape index (κ1) is 19.9. The standard InChI is InChI=1S/C13H11NO3.C6H4ClNO2/c15-13(16)11-6-7-14-12(8-11)17-9-10-4-2-1-3-5-10;7-5-3-4(6(9)10)1-2-8-5/h1-8H,9H2,(H,15,16);1-3H,(H,9,10). The van der Waals surface area contributed by atoms with E-state index in [1.807, 2.05) is 30.3 Å². The molecule has 1 aromatic carbocycles. The topological polar surface area (TPSA) is 110 Å². The summed E-state index contributed by atoms with van der Waals surface area (Å²) >= 11 is 5.41. The van der Waals surface area contributed by atoms with Crippen LogP contribution in [0.3, 0.4) is 0 Å². The third-order valence-electron chi connectivity index (χ3n) is 3.18. The number of benzene rings is 1. The van der Waals surface area contributed by atoms with Crippen molar-refractivity contribution in [3.63, 3.8) is 0 Å². The van der Waals surface area contributed by atoms with Gasteiger partial charge in [-0.3, -0.25) is 0 Å². The Morgan fingerprint density at radius 2 is 1.48 bits per heavy atom. The second kappa shape index (κ2) is 9.88. The van der Waals surface area contributed by atoms with E-state index in [1.54, 1.807) is 0 Å². The van der Waals surface area contributed by atoms with Crippen LogP contribution in [0.1, 0.15) is 26.3 Å². The summed E-state index contributed by atoms with van der Waals surface area (Å²) in [4.78, 5) is 28.6. The summed E-state index contributed by atoms with van der Waals surface area (Å²) < 4.78 is 5.41. The SMILES string of the molecule is O=C(O)c1ccnc(Cl)c1.O=C(O)c1ccnc(OCc2ccccc2)c1. The first-order valence-electron chi connectivity index (χ1n) is 7.66. The predicted molar refractivity (Wildman–Crippen MR) is 98.2 cm³/mol. The molecule has 0 aliphatic heterocycles. The van der Waals surface area contributed by atoms with E-state index in [9.17, 15) is 9.59 Å². The van der Waals surface area contributed by atoms with E-state index >= 15 is 0 Å². The summed E-state index contributed by atoms with van der Waals surface area (Å²) in [5.74, 6) is -1.67. The Hall–Kier alpha value is -3.45. The van der Waals surface area contributed by atoms with Gasteiger partial charge in [-0.15, -0.1) is 0 Å². The number of ether oxygens (including phenoxy) is 1. The van der Waals surface area contributed by atoms with Gasteiger partial charge in [0.05, 0.1) is 11.1 Å². The second-order valence-electron chi connectivity index (χ2n) is 5.13. The lowest BCUT2D eigenvalue weighted by atomic mass is 10.2. The molecule has 0 bridgehead atoms. The largest absolute Gasteiger partial charge is 0.478 e. The Balaban J connectivity index is 0.000000223. The van der Waals surface area contributed by atoms with Gasteiger partial charge in [0.2, 0.25) is 5.88 Å². The Bertz CT molecular complexity index is 919. The molecule has 0 unspecified atom stereocenters. The number of hydrogen-bond donors (Lipinski definition) is 2. The Morgan fingerprint density at radius 1 is 0.889 bits per heavy atom. The predicted octanol–water partition coefficient (Wildman–Crippen LogP) is 3.79. The molecule has 0 saturated carbocycles. The van der Waals surface area contributed by atoms with Gasteiger partial charge in [0, 0.05) is 18.5 Å². The third kappa shape index (κ3) is 6.75. The highest BCUT2D eigenvalue weighted by molar-refractivity contribution is 6.29. The van der Waals surface area contributed by atoms with Crippen molar-refractivity contribution in [1.82, 2.24) is 9.97 Å². The van der Waals surface area contributed by atoms with Gasteiger partial charge in [0.15, 0.2) is 0 Å². The van der Waals surface area contributed by atoms with Crippen LogP contribution in [0, 0.1) is 0 Å². The lowest BCUT2D eigenvalue weighted by molar-refractivity contribution is 0.0685. The quantitative estimate of drug-likeness (QED) is 0.642. The van der Waals surface area contributed by atoms with Crippen LogP contribution in [0.25, 0.3) is 0 Å². The zero-order valence-corrected chi connectivity index (χ0v) is 14.7. The maximum atomic E-state index is 10.7. The van der Waals surface area contributed by atoms with Gasteiger partial charge in [0.25, 0.3) is 0 Å². The lowest BCUT2D eigenvalue weighted by Gasteiger charge is -2.05. The highest BCUT2D eigenvalue weighted by Gasteiger charge is 2.05. The first-order valence-corrected chi connectivity index (χ1v) is 8.04. The Labute approximate surface area is 159 Å². The van der Waals surface area contributed by atoms with E-state index in [2.05, 4.69) is 9.97 Å². The van der Waals surface area contributed by atoms with Crippen LogP contribution in [-0.2, 0) is 6.61 Å². The molecule has 3 rings (SSSR count). The molecule has 138 valence electrons. The maximum absolute atomic E-state index is 10.7. The van der Waals surface area contributed by atoms with Crippen molar-refractivity contribution in [3.8, 4) is 5.88 Å². The Kier molecular flexibility index (Phi) is 7.27. The highest BCUT2D eigenvalue weighted by Crippen LogP contribution is 2.11. The van der Waals surface area contributed by atoms with Gasteiger partial charge in [0.1, 0.15) is 11.8 Å². The highest BCUT2D eigenvalue weighted by atomic mass is 35.5. The number of pyridine rings is 2. The fourth-order valence-corrected chi connectivity index (χ4v) is 2.06. The number of carboxylic acids is 2. The molecule has 3 aromatic rings. The minimum atomic E-state index is -0.996. The van der Waals surface area contributed by atoms with Crippen LogP contribution in [-0.4, -0.2) is 32.1 Å². The summed E-state index contributed by atoms with van der Waals surface area (Å²) in [5.41, 5.74) is 1.33. The van der Waals surface area contributed by atoms with Gasteiger partial charge in [-0.2, -0.15) is 0 Å². The van der Waals surface area contributed by atoms with Crippen molar-refractivity contribution >= 4 is 23.5 Å². The molecule has 0 atom stereocenters. The second-order valence-corrected chi connectivity index (χ2v) is 5.52. The van der Waals surface area contributed by atoms with E-state index in [0.717, 1.165) is 5.56 Å². The molecule has 0 fully saturated rings. The lowest BCUT2D eigenvalue weighted by Crippen LogP contribution is -2.00. The molecule has 7 nitrogen and oxygen atoms in total. The van der Waals surface area contributed by atoms with Crippen molar-refractivity contribution in [1.29, 1.82) is 0 Å². The van der Waals surface area contributed by atoms with Gasteiger partial charge in [-0.25, -0.2) is 19.6 Å². The van der Waals surface area contributed by atoms with E-state index < -0.39 is 11.9 Å². The average molecular weight is 387 g/mol. The molecule has 8 heteroatoms. The van der Waals surface area contributed by atoms with Crippen LogP contribution in [0.15, 0.2) is 67.0 Å². The minimum absolute atomic E-state index is 0.153. The van der Waals surface area contributed by atoms with Crippen molar-refractivity contribution in [2.24, 2.45) is 0 Å². The number of rotatable bonds is 5. The molecule has 2 N–H and O–H groups in total. The van der Waals surface area contributed by atoms with E-state index in [-0.39, 0.29) is 16.3 Å². The summed E-state index contributed by atoms with van der Waals surface area (Å²) in [6.07, 6.45) is 2.77. The number of aromatic nitrogens is 2. The van der Waals surface area contributed by atoms with Gasteiger partial charge < -0.3 is 14.9 Å². The van der Waals surface area contributed by atoms with Crippen LogP contribution in [0.2, 0.25) is 5.15 Å². The van der Waals surface area contributed by atoms with E-state index in [1.165, 1.54) is 36.7 Å². The zero-order valence-electron chi connectivity index (χ0n) is 13.9. The molecule has 0 amide bonds. The van der Waals surface area contributed by atoms with Gasteiger partial charge >= 0.3 is 11.9 Å². The summed E-state index contributed by atoms with van der Waals surface area (Å²) in [5, 5.41) is 17.4. The smallest absolute Gasteiger partial charge is 0.335 e. The number of hydrogen-bond acceptors (Lipinski definition) is 5. The molecule has 0 saturated heterocycles. The molecule has 0 radical (unpaired) electrons. The number of carboxylic acid groups (broad SMARTS) is 2. The molecular weight excluding hydrogens is 372 g/mol. The first-order chi connectivity index (χ1) is 13.0. The van der Waals surface area contributed by atoms with Crippen molar-refractivity contribution in [2.45, 2.75) is 6.61 Å². The molecular formula is C19H15ClN2O5. The third-order valence-corrected chi connectivity index (χ3v) is 3.39. The number of nitrogens with zero attached hydrogens (tertiary/aromatic N) is 2. The zero-order chi connectivity index (χ0) is 19.6. The van der Waals surface area contributed by atoms with Crippen molar-refractivity contribution in [2.75, 3.05) is 0 Å². The Morgan fingerprint density at radius 3 is 2.04 bits per heavy atom. The molecule has 2 heterocycles. The number of aromatic carboxylic acids is 2. The summed E-state index contributed by atoms with van der Waals surface area (Å²) in [7, 11) is 0. The molecule has 2 aromatic heterocycles. The monoisotopic (exact) mass is 386 g/mol. The fraction of sp³-hybridized carbons (Fsp3) is 0.0526. The van der Waals surface area contributed by atoms with Crippen LogP contribution < -0.4 is 4.74 Å². The number of halogens is 1. The van der Waals surface area contributed by atoms with Crippen molar-refractivity contribution in [3.05, 3.63) is 88.8 Å². The van der Waals surface area contributed by atoms with Crippen LogP contribution in [0.5, 0.6) is 5.88 Å². The van der Waals surface area contributed by atoms with E-state index in [0.29, 0.717) is 12.5 Å². The summed E-state index contributed by atoms with van der Waals surface area (Å²) in [6.45, 7) is 0.372. The molecule has 0 aliphatic carbocycles. The van der Waals surface area contributed by atoms with Crippen LogP contribution >= 0.6 is 11.6 Å². The van der Waals surface area contributed by atoms with Crippen molar-refractivity contribution < 1.29 is 24.5 Å². The maximum Gasteiger partial charge on any atom is 0.335 e. The number of carbonyl (C=O) groups is 2. The van der Waals surface area contributed by atoms with Crippen LogP contribution in [0.4, 0.5) is 0 Å². The normalized spacial score (nSPS) is 9.67. The molecule has 0 spiro atoms. The summed E-state index contributed by atoms with van der Waals surface area (Å²) in [6, 6.07) is 15.1. The average Bonchev–Trinajstić information content (AvgIpc) is 2.68.